The zero-order valence-corrected chi connectivity index (χ0v) is 18.5. The zero-order valence-electron chi connectivity index (χ0n) is 17.6. The van der Waals surface area contributed by atoms with Gasteiger partial charge in [-0.2, -0.15) is 12.6 Å². The van der Waals surface area contributed by atoms with Crippen LogP contribution in [-0.4, -0.2) is 64.9 Å². The highest BCUT2D eigenvalue weighted by atomic mass is 32.1. The van der Waals surface area contributed by atoms with Gasteiger partial charge in [-0.3, -0.25) is 9.59 Å². The first-order valence-corrected chi connectivity index (χ1v) is 10.7. The molecule has 1 heterocycles. The SMILES string of the molecule is CCOC(=O)C1CCC(S)C1N[C@@H](C)C(=O)N1CCC[C@H]1C(=O)OC(C)(C)C. The number of hydrogen-bond donors (Lipinski definition) is 2. The molecule has 1 saturated carbocycles. The highest BCUT2D eigenvalue weighted by molar-refractivity contribution is 7.81. The molecule has 28 heavy (non-hydrogen) atoms. The number of carbonyl (C=O) groups is 3. The maximum atomic E-state index is 13.0. The Balaban J connectivity index is 2.02. The molecule has 0 aromatic heterocycles. The number of likely N-dealkylation sites (tertiary alicyclic amines) is 1. The lowest BCUT2D eigenvalue weighted by Crippen LogP contribution is -2.54. The van der Waals surface area contributed by atoms with Crippen molar-refractivity contribution in [2.75, 3.05) is 13.2 Å². The predicted molar refractivity (Wildman–Crippen MR) is 109 cm³/mol. The van der Waals surface area contributed by atoms with E-state index >= 15 is 0 Å². The first-order valence-electron chi connectivity index (χ1n) is 10.2. The van der Waals surface area contributed by atoms with Crippen LogP contribution in [0.1, 0.15) is 60.3 Å². The van der Waals surface area contributed by atoms with Gasteiger partial charge in [-0.25, -0.2) is 4.79 Å². The van der Waals surface area contributed by atoms with E-state index in [9.17, 15) is 14.4 Å². The van der Waals surface area contributed by atoms with Crippen LogP contribution in [0.25, 0.3) is 0 Å². The Bertz CT molecular complexity index is 592. The van der Waals surface area contributed by atoms with Crippen LogP contribution in [0.2, 0.25) is 0 Å². The number of esters is 2. The van der Waals surface area contributed by atoms with Crippen LogP contribution in [0, 0.1) is 5.92 Å². The van der Waals surface area contributed by atoms with Crippen LogP contribution in [0.4, 0.5) is 0 Å². The van der Waals surface area contributed by atoms with Gasteiger partial charge in [0.15, 0.2) is 0 Å². The summed E-state index contributed by atoms with van der Waals surface area (Å²) in [6, 6.07) is -1.31. The third-order valence-electron chi connectivity index (χ3n) is 5.24. The number of thiol groups is 1. The quantitative estimate of drug-likeness (QED) is 0.510. The van der Waals surface area contributed by atoms with E-state index in [4.69, 9.17) is 9.47 Å². The second-order valence-corrected chi connectivity index (χ2v) is 9.30. The minimum atomic E-state index is -0.589. The predicted octanol–water partition coefficient (Wildman–Crippen LogP) is 1.94. The Hall–Kier alpha value is -1.28. The lowest BCUT2D eigenvalue weighted by molar-refractivity contribution is -0.163. The Morgan fingerprint density at radius 3 is 2.46 bits per heavy atom. The molecule has 8 heteroatoms. The van der Waals surface area contributed by atoms with Gasteiger partial charge < -0.3 is 19.7 Å². The molecule has 0 spiro atoms. The molecule has 2 aliphatic rings. The Kier molecular flexibility index (Phi) is 7.79. The summed E-state index contributed by atoms with van der Waals surface area (Å²) >= 11 is 4.59. The molecule has 5 atom stereocenters. The summed E-state index contributed by atoms with van der Waals surface area (Å²) in [5.41, 5.74) is -0.589. The zero-order chi connectivity index (χ0) is 21.1. The molecule has 1 aliphatic carbocycles. The van der Waals surface area contributed by atoms with E-state index < -0.39 is 17.7 Å². The minimum absolute atomic E-state index is 0.0233. The highest BCUT2D eigenvalue weighted by Crippen LogP contribution is 2.31. The maximum absolute atomic E-state index is 13.0. The summed E-state index contributed by atoms with van der Waals surface area (Å²) in [4.78, 5) is 39.4. The fourth-order valence-electron chi connectivity index (χ4n) is 3.97. The van der Waals surface area contributed by atoms with E-state index in [1.807, 2.05) is 20.8 Å². The monoisotopic (exact) mass is 414 g/mol. The van der Waals surface area contributed by atoms with Gasteiger partial charge in [0.25, 0.3) is 0 Å². The Morgan fingerprint density at radius 1 is 1.18 bits per heavy atom. The number of hydrogen-bond acceptors (Lipinski definition) is 7. The van der Waals surface area contributed by atoms with Crippen molar-refractivity contribution in [3.05, 3.63) is 0 Å². The van der Waals surface area contributed by atoms with Crippen molar-refractivity contribution in [2.24, 2.45) is 5.92 Å². The normalized spacial score (nSPS) is 28.9. The largest absolute Gasteiger partial charge is 0.466 e. The second kappa shape index (κ2) is 9.48. The third-order valence-corrected chi connectivity index (χ3v) is 5.82. The molecule has 7 nitrogen and oxygen atoms in total. The second-order valence-electron chi connectivity index (χ2n) is 8.64. The van der Waals surface area contributed by atoms with Gasteiger partial charge in [0.1, 0.15) is 11.6 Å². The van der Waals surface area contributed by atoms with Crippen LogP contribution >= 0.6 is 12.6 Å². The molecule has 0 bridgehead atoms. The lowest BCUT2D eigenvalue weighted by atomic mass is 10.0. The molecule has 1 saturated heterocycles. The molecule has 3 unspecified atom stereocenters. The molecule has 2 fully saturated rings. The van der Waals surface area contributed by atoms with E-state index in [0.29, 0.717) is 26.0 Å². The summed E-state index contributed by atoms with van der Waals surface area (Å²) in [7, 11) is 0. The van der Waals surface area contributed by atoms with Gasteiger partial charge in [-0.05, 0) is 60.3 Å². The average Bonchev–Trinajstić information content (AvgIpc) is 3.20. The highest BCUT2D eigenvalue weighted by Gasteiger charge is 2.43. The molecule has 1 N–H and O–H groups in total. The first-order chi connectivity index (χ1) is 13.0. The van der Waals surface area contributed by atoms with Crippen molar-refractivity contribution < 1.29 is 23.9 Å². The Labute approximate surface area is 173 Å². The molecule has 0 aromatic rings. The fourth-order valence-corrected chi connectivity index (χ4v) is 4.42. The number of nitrogens with zero attached hydrogens (tertiary/aromatic N) is 1. The van der Waals surface area contributed by atoms with E-state index in [1.165, 1.54) is 0 Å². The maximum Gasteiger partial charge on any atom is 0.329 e. The van der Waals surface area contributed by atoms with Gasteiger partial charge in [0.2, 0.25) is 5.91 Å². The van der Waals surface area contributed by atoms with Crippen LogP contribution in [0.3, 0.4) is 0 Å². The van der Waals surface area contributed by atoms with Crippen molar-refractivity contribution in [3.8, 4) is 0 Å². The molecule has 2 rings (SSSR count). The van der Waals surface area contributed by atoms with Crippen LogP contribution in [0.5, 0.6) is 0 Å². The van der Waals surface area contributed by atoms with Crippen molar-refractivity contribution in [1.29, 1.82) is 0 Å². The third kappa shape index (κ3) is 5.63. The van der Waals surface area contributed by atoms with E-state index in [-0.39, 0.29) is 35.1 Å². The Morgan fingerprint density at radius 2 is 1.86 bits per heavy atom. The number of amides is 1. The van der Waals surface area contributed by atoms with Gasteiger partial charge >= 0.3 is 11.9 Å². The lowest BCUT2D eigenvalue weighted by Gasteiger charge is -2.31. The van der Waals surface area contributed by atoms with E-state index in [2.05, 4.69) is 17.9 Å². The molecule has 0 radical (unpaired) electrons. The van der Waals surface area contributed by atoms with Gasteiger partial charge in [0, 0.05) is 17.8 Å². The number of rotatable bonds is 6. The minimum Gasteiger partial charge on any atom is -0.466 e. The molecule has 1 aliphatic heterocycles. The summed E-state index contributed by atoms with van der Waals surface area (Å²) in [6.07, 6.45) is 2.86. The van der Waals surface area contributed by atoms with Crippen molar-refractivity contribution >= 4 is 30.5 Å². The molecular formula is C20H34N2O5S. The van der Waals surface area contributed by atoms with E-state index in [1.54, 1.807) is 18.7 Å². The van der Waals surface area contributed by atoms with Gasteiger partial charge in [-0.15, -0.1) is 0 Å². The van der Waals surface area contributed by atoms with Crippen LogP contribution in [0.15, 0.2) is 0 Å². The van der Waals surface area contributed by atoms with Gasteiger partial charge in [0.05, 0.1) is 18.6 Å². The fraction of sp³-hybridized carbons (Fsp3) is 0.850. The number of nitrogens with one attached hydrogen (secondary N) is 1. The summed E-state index contributed by atoms with van der Waals surface area (Å²) in [6.45, 7) is 9.87. The first kappa shape index (κ1) is 23.0. The summed E-state index contributed by atoms with van der Waals surface area (Å²) < 4.78 is 10.7. The van der Waals surface area contributed by atoms with Crippen molar-refractivity contribution in [1.82, 2.24) is 10.2 Å². The average molecular weight is 415 g/mol. The molecular weight excluding hydrogens is 380 g/mol. The number of carbonyl (C=O) groups excluding carboxylic acids is 3. The summed E-state index contributed by atoms with van der Waals surface area (Å²) in [5, 5.41) is 3.26. The van der Waals surface area contributed by atoms with Crippen LogP contribution in [-0.2, 0) is 23.9 Å². The molecule has 0 aromatic carbocycles. The van der Waals surface area contributed by atoms with Crippen LogP contribution < -0.4 is 5.32 Å². The smallest absolute Gasteiger partial charge is 0.329 e. The number of ether oxygens (including phenoxy) is 2. The standard InChI is InChI=1S/C20H34N2O5S/c1-6-26-18(24)13-9-10-15(28)16(13)21-12(2)17(23)22-11-7-8-14(22)19(25)27-20(3,4)5/h12-16,21,28H,6-11H2,1-5H3/t12-,13?,14-,15?,16?/m0/s1. The topological polar surface area (TPSA) is 84.9 Å². The van der Waals surface area contributed by atoms with Crippen molar-refractivity contribution in [3.63, 3.8) is 0 Å². The van der Waals surface area contributed by atoms with E-state index in [0.717, 1.165) is 12.8 Å². The summed E-state index contributed by atoms with van der Waals surface area (Å²) in [5.74, 6) is -1.06. The van der Waals surface area contributed by atoms with Crippen molar-refractivity contribution in [2.45, 2.75) is 89.3 Å². The molecule has 1 amide bonds. The van der Waals surface area contributed by atoms with Gasteiger partial charge in [-0.1, -0.05) is 0 Å². The molecule has 160 valence electrons.